The summed E-state index contributed by atoms with van der Waals surface area (Å²) in [5.41, 5.74) is 2.33. The number of fused-ring (bicyclic) bond motifs is 1. The average molecular weight is 372 g/mol. The molecule has 1 aromatic carbocycles. The molecule has 1 atom stereocenters. The highest BCUT2D eigenvalue weighted by atomic mass is 16.5. The molecule has 0 saturated carbocycles. The Labute approximate surface area is 160 Å². The molecule has 146 valence electrons. The number of benzene rings is 1. The minimum atomic E-state index is -0.0795. The maximum absolute atomic E-state index is 11.8. The van der Waals surface area contributed by atoms with Gasteiger partial charge in [-0.1, -0.05) is 30.3 Å². The maximum Gasteiger partial charge on any atom is 0.248 e. The van der Waals surface area contributed by atoms with Gasteiger partial charge in [-0.25, -0.2) is 0 Å². The van der Waals surface area contributed by atoms with Crippen molar-refractivity contribution in [2.75, 3.05) is 40.4 Å². The number of ether oxygens (including phenoxy) is 2. The second-order valence-electron chi connectivity index (χ2n) is 7.00. The van der Waals surface area contributed by atoms with Gasteiger partial charge in [0.25, 0.3) is 0 Å². The van der Waals surface area contributed by atoms with Gasteiger partial charge in [0.1, 0.15) is 6.61 Å². The Morgan fingerprint density at radius 3 is 2.81 bits per heavy atom. The summed E-state index contributed by atoms with van der Waals surface area (Å²) in [6.45, 7) is 4.36. The summed E-state index contributed by atoms with van der Waals surface area (Å²) >= 11 is 0. The Morgan fingerprint density at radius 2 is 2.04 bits per heavy atom. The van der Waals surface area contributed by atoms with E-state index in [9.17, 15) is 4.79 Å². The van der Waals surface area contributed by atoms with Gasteiger partial charge in [0.2, 0.25) is 5.91 Å². The highest BCUT2D eigenvalue weighted by Gasteiger charge is 2.23. The lowest BCUT2D eigenvalue weighted by Gasteiger charge is -2.24. The molecule has 1 unspecified atom stereocenters. The number of likely N-dealkylation sites (N-methyl/N-ethyl adjacent to an activating group) is 1. The highest BCUT2D eigenvalue weighted by Crippen LogP contribution is 2.14. The fraction of sp³-hybridized carbons (Fsp3) is 0.500. The Morgan fingerprint density at radius 1 is 1.22 bits per heavy atom. The van der Waals surface area contributed by atoms with Crippen molar-refractivity contribution < 1.29 is 14.3 Å². The summed E-state index contributed by atoms with van der Waals surface area (Å²) in [6, 6.07) is 12.2. The van der Waals surface area contributed by atoms with Gasteiger partial charge in [-0.2, -0.15) is 5.10 Å². The zero-order valence-corrected chi connectivity index (χ0v) is 16.1. The molecule has 1 amide bonds. The molecule has 0 spiro atoms. The van der Waals surface area contributed by atoms with Crippen molar-refractivity contribution in [2.45, 2.75) is 25.8 Å². The van der Waals surface area contributed by atoms with Gasteiger partial charge in [0.15, 0.2) is 0 Å². The molecule has 1 aromatic heterocycles. The summed E-state index contributed by atoms with van der Waals surface area (Å²) in [7, 11) is 3.47. The Bertz CT molecular complexity index is 717. The van der Waals surface area contributed by atoms with Gasteiger partial charge in [-0.15, -0.1) is 0 Å². The monoisotopic (exact) mass is 372 g/mol. The lowest BCUT2D eigenvalue weighted by atomic mass is 10.2. The van der Waals surface area contributed by atoms with Crippen LogP contribution in [0.5, 0.6) is 0 Å². The number of hydrogen-bond acceptors (Lipinski definition) is 5. The molecule has 0 radical (unpaired) electrons. The van der Waals surface area contributed by atoms with Crippen molar-refractivity contribution in [3.05, 3.63) is 53.9 Å². The largest absolute Gasteiger partial charge is 0.375 e. The van der Waals surface area contributed by atoms with Gasteiger partial charge in [0, 0.05) is 39.9 Å². The van der Waals surface area contributed by atoms with Gasteiger partial charge in [-0.05, 0) is 11.6 Å². The smallest absolute Gasteiger partial charge is 0.248 e. The topological polar surface area (TPSA) is 59.8 Å². The van der Waals surface area contributed by atoms with Gasteiger partial charge in [0.05, 0.1) is 31.6 Å². The maximum atomic E-state index is 11.8. The molecule has 2 aromatic rings. The van der Waals surface area contributed by atoms with Crippen LogP contribution in [0, 0.1) is 0 Å². The van der Waals surface area contributed by atoms with Crippen LogP contribution in [0.3, 0.4) is 0 Å². The number of carbonyl (C=O) groups is 1. The van der Waals surface area contributed by atoms with E-state index in [2.05, 4.69) is 22.1 Å². The van der Waals surface area contributed by atoms with Crippen LogP contribution in [-0.4, -0.2) is 72.0 Å². The Kier molecular flexibility index (Phi) is 6.98. The lowest BCUT2D eigenvalue weighted by Crippen LogP contribution is -2.37. The van der Waals surface area contributed by atoms with Crippen LogP contribution >= 0.6 is 0 Å². The molecule has 1 aliphatic rings. The third kappa shape index (κ3) is 5.89. The lowest BCUT2D eigenvalue weighted by molar-refractivity contribution is -0.136. The van der Waals surface area contributed by atoms with E-state index in [1.165, 1.54) is 5.56 Å². The number of amides is 1. The Balaban J connectivity index is 1.51. The first-order chi connectivity index (χ1) is 13.1. The van der Waals surface area contributed by atoms with Crippen LogP contribution in [0.2, 0.25) is 0 Å². The molecule has 0 bridgehead atoms. The molecule has 0 fully saturated rings. The predicted octanol–water partition coefficient (Wildman–Crippen LogP) is 1.39. The molecular formula is C20H28N4O3. The number of carbonyl (C=O) groups excluding carboxylic acids is 1. The second kappa shape index (κ2) is 9.64. The van der Waals surface area contributed by atoms with E-state index in [4.69, 9.17) is 9.47 Å². The van der Waals surface area contributed by atoms with E-state index in [-0.39, 0.29) is 18.6 Å². The van der Waals surface area contributed by atoms with Crippen LogP contribution in [0.1, 0.15) is 11.3 Å². The van der Waals surface area contributed by atoms with Crippen LogP contribution in [-0.2, 0) is 34.0 Å². The van der Waals surface area contributed by atoms with Gasteiger partial charge < -0.3 is 14.4 Å². The third-order valence-corrected chi connectivity index (χ3v) is 4.63. The molecule has 27 heavy (non-hydrogen) atoms. The number of nitrogens with zero attached hydrogens (tertiary/aromatic N) is 4. The van der Waals surface area contributed by atoms with E-state index in [0.717, 1.165) is 25.3 Å². The first-order valence-corrected chi connectivity index (χ1v) is 9.28. The van der Waals surface area contributed by atoms with E-state index in [0.29, 0.717) is 19.8 Å². The molecule has 0 saturated heterocycles. The molecule has 1 aliphatic heterocycles. The molecule has 2 heterocycles. The second-order valence-corrected chi connectivity index (χ2v) is 7.00. The first kappa shape index (κ1) is 19.5. The van der Waals surface area contributed by atoms with E-state index in [1.54, 1.807) is 19.0 Å². The quantitative estimate of drug-likeness (QED) is 0.656. The fourth-order valence-electron chi connectivity index (χ4n) is 3.04. The van der Waals surface area contributed by atoms with Crippen molar-refractivity contribution >= 4 is 5.91 Å². The third-order valence-electron chi connectivity index (χ3n) is 4.63. The zero-order chi connectivity index (χ0) is 19.1. The number of aromatic nitrogens is 2. The van der Waals surface area contributed by atoms with Crippen LogP contribution in [0.4, 0.5) is 0 Å². The minimum absolute atomic E-state index is 0.0299. The van der Waals surface area contributed by atoms with Crippen LogP contribution in [0.25, 0.3) is 0 Å². The normalized spacial score (nSPS) is 17.3. The summed E-state index contributed by atoms with van der Waals surface area (Å²) in [4.78, 5) is 15.7. The predicted molar refractivity (Wildman–Crippen MR) is 102 cm³/mol. The molecule has 0 N–H and O–H groups in total. The van der Waals surface area contributed by atoms with E-state index >= 15 is 0 Å². The summed E-state index contributed by atoms with van der Waals surface area (Å²) in [5, 5.41) is 4.38. The van der Waals surface area contributed by atoms with Crippen molar-refractivity contribution in [3.8, 4) is 0 Å². The summed E-state index contributed by atoms with van der Waals surface area (Å²) < 4.78 is 13.7. The molecule has 7 nitrogen and oxygen atoms in total. The fourth-order valence-corrected chi connectivity index (χ4v) is 3.04. The van der Waals surface area contributed by atoms with Gasteiger partial charge in [-0.3, -0.25) is 14.4 Å². The number of rotatable bonds is 8. The Hall–Kier alpha value is -2.22. The van der Waals surface area contributed by atoms with E-state index < -0.39 is 0 Å². The van der Waals surface area contributed by atoms with Crippen molar-refractivity contribution in [1.82, 2.24) is 19.6 Å². The SMILES string of the molecule is CN(C)C(=O)COC1CN(CCOCc2ccccc2)Cc2ccnn2C1. The minimum Gasteiger partial charge on any atom is -0.375 e. The van der Waals surface area contributed by atoms with Crippen molar-refractivity contribution in [3.63, 3.8) is 0 Å². The van der Waals surface area contributed by atoms with Crippen LogP contribution < -0.4 is 0 Å². The van der Waals surface area contributed by atoms with Crippen LogP contribution in [0.15, 0.2) is 42.6 Å². The van der Waals surface area contributed by atoms with Crippen molar-refractivity contribution in [1.29, 1.82) is 0 Å². The summed E-state index contributed by atoms with van der Waals surface area (Å²) in [5.74, 6) is -0.0299. The van der Waals surface area contributed by atoms with E-state index in [1.807, 2.05) is 35.1 Å². The highest BCUT2D eigenvalue weighted by molar-refractivity contribution is 5.76. The summed E-state index contributed by atoms with van der Waals surface area (Å²) in [6.07, 6.45) is 1.73. The number of hydrogen-bond donors (Lipinski definition) is 0. The molecular weight excluding hydrogens is 344 g/mol. The van der Waals surface area contributed by atoms with Gasteiger partial charge >= 0.3 is 0 Å². The molecule has 7 heteroatoms. The average Bonchev–Trinajstić information content (AvgIpc) is 3.02. The molecule has 0 aliphatic carbocycles. The standard InChI is InChI=1S/C20H28N4O3/c1-22(2)20(25)16-27-19-13-23(12-18-8-9-21-24(18)14-19)10-11-26-15-17-6-4-3-5-7-17/h3-9,19H,10-16H2,1-2H3. The molecule has 3 rings (SSSR count). The van der Waals surface area contributed by atoms with Crippen molar-refractivity contribution in [2.24, 2.45) is 0 Å². The zero-order valence-electron chi connectivity index (χ0n) is 16.1. The first-order valence-electron chi connectivity index (χ1n) is 9.28.